The number of furan rings is 1. The minimum Gasteiger partial charge on any atom is -0.482 e. The molecule has 3 aromatic rings. The number of carbonyl (C=O) groups excluding carboxylic acids is 2. The van der Waals surface area contributed by atoms with Gasteiger partial charge in [0, 0.05) is 24.1 Å². The first kappa shape index (κ1) is 23.0. The number of fused-ring (bicyclic) bond motifs is 3. The van der Waals surface area contributed by atoms with E-state index in [2.05, 4.69) is 5.32 Å². The van der Waals surface area contributed by atoms with Crippen LogP contribution in [0.25, 0.3) is 11.0 Å². The maximum absolute atomic E-state index is 13.4. The van der Waals surface area contributed by atoms with Gasteiger partial charge in [-0.2, -0.15) is 0 Å². The van der Waals surface area contributed by atoms with E-state index < -0.39 is 5.60 Å². The summed E-state index contributed by atoms with van der Waals surface area (Å²) >= 11 is 0. The lowest BCUT2D eigenvalue weighted by Gasteiger charge is -2.35. The maximum Gasteiger partial charge on any atom is 0.287 e. The number of amides is 1. The van der Waals surface area contributed by atoms with Gasteiger partial charge in [-0.25, -0.2) is 4.39 Å². The molecule has 7 heteroatoms. The van der Waals surface area contributed by atoms with E-state index in [0.717, 1.165) is 0 Å². The van der Waals surface area contributed by atoms with Gasteiger partial charge in [0.15, 0.2) is 11.5 Å². The third-order valence-electron chi connectivity index (χ3n) is 5.89. The molecule has 0 radical (unpaired) electrons. The number of ketones is 1. The second-order valence-corrected chi connectivity index (χ2v) is 8.84. The predicted molar refractivity (Wildman–Crippen MR) is 122 cm³/mol. The van der Waals surface area contributed by atoms with Gasteiger partial charge in [-0.15, -0.1) is 0 Å². The molecule has 1 amide bonds. The van der Waals surface area contributed by atoms with Gasteiger partial charge in [0.25, 0.3) is 5.91 Å². The Kier molecular flexibility index (Phi) is 6.26. The van der Waals surface area contributed by atoms with Gasteiger partial charge in [-0.05, 0) is 63.9 Å². The molecule has 33 heavy (non-hydrogen) atoms. The monoisotopic (exact) mass is 453 g/mol. The van der Waals surface area contributed by atoms with E-state index in [1.165, 1.54) is 12.1 Å². The van der Waals surface area contributed by atoms with E-state index in [0.29, 0.717) is 53.0 Å². The van der Waals surface area contributed by atoms with Crippen LogP contribution in [0.4, 0.5) is 4.39 Å². The Morgan fingerprint density at radius 2 is 1.94 bits per heavy atom. The zero-order valence-electron chi connectivity index (χ0n) is 19.3. The molecule has 0 spiro atoms. The van der Waals surface area contributed by atoms with E-state index in [9.17, 15) is 14.0 Å². The number of halogens is 1. The zero-order chi connectivity index (χ0) is 23.8. The Balaban J connectivity index is 1.60. The topological polar surface area (TPSA) is 77.8 Å². The molecule has 2 aromatic carbocycles. The molecule has 0 saturated carbocycles. The van der Waals surface area contributed by atoms with Crippen molar-refractivity contribution in [3.8, 4) is 5.75 Å². The van der Waals surface area contributed by atoms with Crippen molar-refractivity contribution < 1.29 is 27.9 Å². The lowest BCUT2D eigenvalue weighted by atomic mass is 9.84. The molecule has 1 aliphatic rings. The lowest BCUT2D eigenvalue weighted by Crippen LogP contribution is -2.36. The lowest BCUT2D eigenvalue weighted by molar-refractivity contribution is 0.0507. The van der Waals surface area contributed by atoms with E-state index in [1.807, 2.05) is 20.8 Å². The molecule has 6 nitrogen and oxygen atoms in total. The summed E-state index contributed by atoms with van der Waals surface area (Å²) in [4.78, 5) is 26.0. The van der Waals surface area contributed by atoms with Gasteiger partial charge in [-0.1, -0.05) is 12.1 Å². The fourth-order valence-corrected chi connectivity index (χ4v) is 4.21. The molecule has 1 aromatic heterocycles. The van der Waals surface area contributed by atoms with Crippen LogP contribution in [0.3, 0.4) is 0 Å². The molecule has 0 fully saturated rings. The van der Waals surface area contributed by atoms with Crippen LogP contribution in [0.15, 0.2) is 40.8 Å². The van der Waals surface area contributed by atoms with Crippen LogP contribution in [0.1, 0.15) is 65.7 Å². The Morgan fingerprint density at radius 1 is 1.21 bits per heavy atom. The average Bonchev–Trinajstić information content (AvgIpc) is 3.10. The number of nitrogens with one attached hydrogen (secondary N) is 1. The first-order chi connectivity index (χ1) is 15.7. The summed E-state index contributed by atoms with van der Waals surface area (Å²) in [5, 5.41) is 3.44. The van der Waals surface area contributed by atoms with Gasteiger partial charge in [0.05, 0.1) is 18.1 Å². The number of rotatable bonds is 7. The van der Waals surface area contributed by atoms with Crippen LogP contribution in [-0.2, 0) is 10.3 Å². The first-order valence-electron chi connectivity index (χ1n) is 11.1. The molecule has 0 bridgehead atoms. The van der Waals surface area contributed by atoms with Crippen molar-refractivity contribution in [3.63, 3.8) is 0 Å². The van der Waals surface area contributed by atoms with E-state index in [-0.39, 0.29) is 35.8 Å². The van der Waals surface area contributed by atoms with Gasteiger partial charge in [0.2, 0.25) is 0 Å². The highest BCUT2D eigenvalue weighted by atomic mass is 19.1. The molecule has 2 heterocycles. The smallest absolute Gasteiger partial charge is 0.287 e. The SMILES string of the molecule is Cc1c(C(=O)NCCCOC(C)C)oc2ccc3c(c12)C(=O)CC(C)(c1ccc(F)cc1)O3. The first-order valence-corrected chi connectivity index (χ1v) is 11.1. The fourth-order valence-electron chi connectivity index (χ4n) is 4.21. The third-order valence-corrected chi connectivity index (χ3v) is 5.89. The van der Waals surface area contributed by atoms with Gasteiger partial charge >= 0.3 is 0 Å². The fraction of sp³-hybridized carbons (Fsp3) is 0.385. The number of ether oxygens (including phenoxy) is 2. The second kappa shape index (κ2) is 8.98. The number of hydrogen-bond acceptors (Lipinski definition) is 5. The van der Waals surface area contributed by atoms with Crippen LogP contribution >= 0.6 is 0 Å². The molecule has 0 aliphatic carbocycles. The highest BCUT2D eigenvalue weighted by Gasteiger charge is 2.40. The summed E-state index contributed by atoms with van der Waals surface area (Å²) in [7, 11) is 0. The van der Waals surface area contributed by atoms with Gasteiger partial charge in [0.1, 0.15) is 22.8 Å². The summed E-state index contributed by atoms with van der Waals surface area (Å²) in [5.74, 6) is -0.188. The molecular formula is C26H28FNO5. The van der Waals surface area contributed by atoms with Crippen molar-refractivity contribution in [3.05, 3.63) is 64.7 Å². The third kappa shape index (κ3) is 4.50. The Morgan fingerprint density at radius 3 is 2.64 bits per heavy atom. The van der Waals surface area contributed by atoms with Crippen molar-refractivity contribution in [2.75, 3.05) is 13.2 Å². The largest absolute Gasteiger partial charge is 0.482 e. The molecule has 1 atom stereocenters. The van der Waals surface area contributed by atoms with Crippen molar-refractivity contribution >= 4 is 22.7 Å². The number of benzene rings is 2. The predicted octanol–water partition coefficient (Wildman–Crippen LogP) is 5.31. The number of Topliss-reactive ketones (excluding diaryl/α,β-unsaturated/α-hetero) is 1. The normalized spacial score (nSPS) is 17.8. The summed E-state index contributed by atoms with van der Waals surface area (Å²) in [6.07, 6.45) is 0.925. The van der Waals surface area contributed by atoms with E-state index in [4.69, 9.17) is 13.9 Å². The highest BCUT2D eigenvalue weighted by Crippen LogP contribution is 2.44. The molecule has 1 aliphatic heterocycles. The van der Waals surface area contributed by atoms with Gasteiger partial charge in [-0.3, -0.25) is 9.59 Å². The molecule has 0 saturated heterocycles. The Bertz CT molecular complexity index is 1200. The molecule has 1 N–H and O–H groups in total. The molecule has 1 unspecified atom stereocenters. The molecule has 4 rings (SSSR count). The second-order valence-electron chi connectivity index (χ2n) is 8.84. The van der Waals surface area contributed by atoms with Crippen molar-refractivity contribution in [2.24, 2.45) is 0 Å². The Labute approximate surface area is 192 Å². The van der Waals surface area contributed by atoms with Gasteiger partial charge < -0.3 is 19.2 Å². The van der Waals surface area contributed by atoms with Crippen LogP contribution in [0.2, 0.25) is 0 Å². The van der Waals surface area contributed by atoms with Crippen molar-refractivity contribution in [1.29, 1.82) is 0 Å². The standard InChI is InChI=1S/C26H28FNO5/c1-15(2)31-13-5-12-28-25(30)24-16(3)22-20(32-24)10-11-21-23(22)19(29)14-26(4,33-21)17-6-8-18(27)9-7-17/h6-11,15H,5,12-14H2,1-4H3,(H,28,30). The average molecular weight is 454 g/mol. The summed E-state index contributed by atoms with van der Waals surface area (Å²) < 4.78 is 30.9. The van der Waals surface area contributed by atoms with E-state index >= 15 is 0 Å². The van der Waals surface area contributed by atoms with Crippen LogP contribution in [0.5, 0.6) is 5.75 Å². The summed E-state index contributed by atoms with van der Waals surface area (Å²) in [5.41, 5.74) is 1.27. The van der Waals surface area contributed by atoms with E-state index in [1.54, 1.807) is 31.2 Å². The maximum atomic E-state index is 13.4. The summed E-state index contributed by atoms with van der Waals surface area (Å²) in [6.45, 7) is 8.52. The number of carbonyl (C=O) groups is 2. The zero-order valence-corrected chi connectivity index (χ0v) is 19.3. The summed E-state index contributed by atoms with van der Waals surface area (Å²) in [6, 6.07) is 9.36. The highest BCUT2D eigenvalue weighted by molar-refractivity contribution is 6.13. The number of hydrogen-bond donors (Lipinski definition) is 1. The van der Waals surface area contributed by atoms with Crippen molar-refractivity contribution in [2.45, 2.75) is 52.2 Å². The van der Waals surface area contributed by atoms with Crippen LogP contribution < -0.4 is 10.1 Å². The quantitative estimate of drug-likeness (QED) is 0.491. The minimum atomic E-state index is -0.915. The molecular weight excluding hydrogens is 425 g/mol. The Hall–Kier alpha value is -3.19. The number of aryl methyl sites for hydroxylation is 1. The van der Waals surface area contributed by atoms with Crippen molar-refractivity contribution in [1.82, 2.24) is 5.32 Å². The van der Waals surface area contributed by atoms with Crippen LogP contribution in [-0.4, -0.2) is 30.9 Å². The molecule has 174 valence electrons. The minimum absolute atomic E-state index is 0.0900. The van der Waals surface area contributed by atoms with Crippen LogP contribution in [0, 0.1) is 12.7 Å².